The Labute approximate surface area is 172 Å². The number of carbonyl (C=O) groups excluding carboxylic acids is 1. The first-order valence-corrected chi connectivity index (χ1v) is 11.5. The van der Waals surface area contributed by atoms with Crippen molar-refractivity contribution < 1.29 is 13.2 Å². The lowest BCUT2D eigenvalue weighted by molar-refractivity contribution is -0.121. The van der Waals surface area contributed by atoms with E-state index >= 15 is 0 Å². The lowest BCUT2D eigenvalue weighted by Crippen LogP contribution is -2.29. The van der Waals surface area contributed by atoms with Crippen molar-refractivity contribution in [3.05, 3.63) is 65.7 Å². The SMILES string of the molecule is CCCCCC(NC(=O)CCN=C1NS(=O)(=O)c2ccccc21)c1ccccc1. The van der Waals surface area contributed by atoms with Gasteiger partial charge in [0, 0.05) is 12.0 Å². The third-order valence-electron chi connectivity index (χ3n) is 4.91. The lowest BCUT2D eigenvalue weighted by atomic mass is 10.0. The highest BCUT2D eigenvalue weighted by atomic mass is 32.2. The average Bonchev–Trinajstić information content (AvgIpc) is 2.98. The third kappa shape index (κ3) is 5.44. The number of fused-ring (bicyclic) bond motifs is 1. The molecule has 1 atom stereocenters. The normalized spacial score (nSPS) is 16.8. The number of rotatable bonds is 9. The second-order valence-corrected chi connectivity index (χ2v) is 8.76. The molecule has 7 heteroatoms. The van der Waals surface area contributed by atoms with Gasteiger partial charge in [0.05, 0.1) is 17.5 Å². The first-order valence-electron chi connectivity index (χ1n) is 10.0. The molecule has 1 unspecified atom stereocenters. The number of nitrogens with zero attached hydrogens (tertiary/aromatic N) is 1. The van der Waals surface area contributed by atoms with E-state index in [1.54, 1.807) is 24.3 Å². The molecule has 0 aromatic heterocycles. The first kappa shape index (κ1) is 21.0. The van der Waals surface area contributed by atoms with Crippen molar-refractivity contribution in [2.75, 3.05) is 6.54 Å². The number of unbranched alkanes of at least 4 members (excludes halogenated alkanes) is 2. The molecule has 6 nitrogen and oxygen atoms in total. The van der Waals surface area contributed by atoms with Crippen LogP contribution >= 0.6 is 0 Å². The van der Waals surface area contributed by atoms with Crippen LogP contribution in [0.4, 0.5) is 0 Å². The van der Waals surface area contributed by atoms with Gasteiger partial charge in [0.1, 0.15) is 5.84 Å². The van der Waals surface area contributed by atoms with Gasteiger partial charge in [-0.25, -0.2) is 8.42 Å². The van der Waals surface area contributed by atoms with Crippen molar-refractivity contribution in [1.82, 2.24) is 10.0 Å². The van der Waals surface area contributed by atoms with Gasteiger partial charge in [0.15, 0.2) is 0 Å². The molecule has 0 fully saturated rings. The summed E-state index contributed by atoms with van der Waals surface area (Å²) in [5, 5.41) is 3.11. The van der Waals surface area contributed by atoms with Crippen LogP contribution in [-0.2, 0) is 14.8 Å². The summed E-state index contributed by atoms with van der Waals surface area (Å²) < 4.78 is 26.7. The van der Waals surface area contributed by atoms with Crippen molar-refractivity contribution in [3.8, 4) is 0 Å². The molecule has 2 aromatic rings. The summed E-state index contributed by atoms with van der Waals surface area (Å²) in [6.07, 6.45) is 4.41. The summed E-state index contributed by atoms with van der Waals surface area (Å²) in [5.41, 5.74) is 1.65. The molecule has 0 saturated carbocycles. The smallest absolute Gasteiger partial charge is 0.263 e. The molecule has 0 spiro atoms. The molecule has 2 aromatic carbocycles. The van der Waals surface area contributed by atoms with E-state index in [4.69, 9.17) is 0 Å². The van der Waals surface area contributed by atoms with Crippen molar-refractivity contribution in [2.45, 2.75) is 50.0 Å². The van der Waals surface area contributed by atoms with Crippen LogP contribution in [0.2, 0.25) is 0 Å². The van der Waals surface area contributed by atoms with Gasteiger partial charge in [-0.15, -0.1) is 0 Å². The quantitative estimate of drug-likeness (QED) is 0.616. The summed E-state index contributed by atoms with van der Waals surface area (Å²) in [6, 6.07) is 16.7. The Morgan fingerprint density at radius 1 is 1.07 bits per heavy atom. The summed E-state index contributed by atoms with van der Waals surface area (Å²) in [5.74, 6) is 0.213. The zero-order valence-electron chi connectivity index (χ0n) is 16.6. The molecular weight excluding hydrogens is 386 g/mol. The van der Waals surface area contributed by atoms with Gasteiger partial charge in [0.2, 0.25) is 5.91 Å². The molecule has 29 heavy (non-hydrogen) atoms. The first-order chi connectivity index (χ1) is 14.0. The van der Waals surface area contributed by atoms with Gasteiger partial charge < -0.3 is 5.32 Å². The number of sulfonamides is 1. The zero-order chi connectivity index (χ0) is 20.7. The number of nitrogens with one attached hydrogen (secondary N) is 2. The molecule has 0 saturated heterocycles. The van der Waals surface area contributed by atoms with E-state index in [1.165, 1.54) is 0 Å². The number of amidine groups is 1. The fraction of sp³-hybridized carbons (Fsp3) is 0.364. The van der Waals surface area contributed by atoms with Crippen LogP contribution in [0.15, 0.2) is 64.5 Å². The maximum atomic E-state index is 12.5. The molecule has 1 amide bonds. The Balaban J connectivity index is 1.60. The Hall–Kier alpha value is -2.67. The van der Waals surface area contributed by atoms with Gasteiger partial charge in [-0.05, 0) is 24.1 Å². The Bertz CT molecular complexity index is 972. The van der Waals surface area contributed by atoms with Crippen LogP contribution in [0.25, 0.3) is 0 Å². The fourth-order valence-corrected chi connectivity index (χ4v) is 4.64. The number of benzene rings is 2. The van der Waals surface area contributed by atoms with E-state index in [2.05, 4.69) is 22.0 Å². The van der Waals surface area contributed by atoms with Gasteiger partial charge in [-0.1, -0.05) is 68.7 Å². The van der Waals surface area contributed by atoms with E-state index in [-0.39, 0.29) is 29.8 Å². The fourth-order valence-electron chi connectivity index (χ4n) is 3.39. The summed E-state index contributed by atoms with van der Waals surface area (Å²) in [7, 11) is -3.55. The third-order valence-corrected chi connectivity index (χ3v) is 6.30. The monoisotopic (exact) mass is 413 g/mol. The van der Waals surface area contributed by atoms with Crippen LogP contribution in [0, 0.1) is 0 Å². The van der Waals surface area contributed by atoms with Gasteiger partial charge in [0.25, 0.3) is 10.0 Å². The number of amides is 1. The molecule has 0 bridgehead atoms. The zero-order valence-corrected chi connectivity index (χ0v) is 17.4. The molecule has 1 aliphatic rings. The molecular formula is C22H27N3O3S. The van der Waals surface area contributed by atoms with E-state index < -0.39 is 10.0 Å². The van der Waals surface area contributed by atoms with Gasteiger partial charge in [-0.3, -0.25) is 14.5 Å². The van der Waals surface area contributed by atoms with E-state index in [9.17, 15) is 13.2 Å². The van der Waals surface area contributed by atoms with Crippen LogP contribution in [-0.4, -0.2) is 26.7 Å². The minimum Gasteiger partial charge on any atom is -0.349 e. The molecule has 3 rings (SSSR count). The Morgan fingerprint density at radius 2 is 1.79 bits per heavy atom. The highest BCUT2D eigenvalue weighted by Crippen LogP contribution is 2.22. The predicted molar refractivity (Wildman–Crippen MR) is 114 cm³/mol. The second-order valence-electron chi connectivity index (χ2n) is 7.11. The van der Waals surface area contributed by atoms with Gasteiger partial charge >= 0.3 is 0 Å². The van der Waals surface area contributed by atoms with Crippen LogP contribution in [0.3, 0.4) is 0 Å². The molecule has 0 aliphatic carbocycles. The minimum atomic E-state index is -3.55. The highest BCUT2D eigenvalue weighted by molar-refractivity contribution is 7.90. The van der Waals surface area contributed by atoms with Crippen molar-refractivity contribution in [2.24, 2.45) is 4.99 Å². The number of hydrogen-bond donors (Lipinski definition) is 2. The minimum absolute atomic E-state index is 0.0198. The number of hydrogen-bond acceptors (Lipinski definition) is 4. The topological polar surface area (TPSA) is 87.6 Å². The summed E-state index contributed by atoms with van der Waals surface area (Å²) in [6.45, 7) is 2.37. The predicted octanol–water partition coefficient (Wildman–Crippen LogP) is 3.55. The van der Waals surface area contributed by atoms with E-state index in [1.807, 2.05) is 30.3 Å². The number of carbonyl (C=O) groups is 1. The largest absolute Gasteiger partial charge is 0.349 e. The maximum absolute atomic E-state index is 12.5. The molecule has 1 aliphatic heterocycles. The van der Waals surface area contributed by atoms with Crippen LogP contribution in [0.5, 0.6) is 0 Å². The molecule has 2 N–H and O–H groups in total. The number of aliphatic imine (C=N–C) groups is 1. The Kier molecular flexibility index (Phi) is 7.04. The summed E-state index contributed by atoms with van der Waals surface area (Å²) in [4.78, 5) is 17.0. The molecule has 154 valence electrons. The van der Waals surface area contributed by atoms with E-state index in [0.29, 0.717) is 11.4 Å². The standard InChI is InChI=1S/C22H27N3O3S/c1-2-3-5-13-19(17-10-6-4-7-11-17)24-21(26)15-16-23-22-18-12-8-9-14-20(18)29(27,28)25-22/h4,6-12,14,19H,2-3,5,13,15-16H2,1H3,(H,23,25)(H,24,26). The van der Waals surface area contributed by atoms with Crippen molar-refractivity contribution >= 4 is 21.8 Å². The molecule has 0 radical (unpaired) electrons. The van der Waals surface area contributed by atoms with Crippen LogP contribution in [0.1, 0.15) is 56.2 Å². The molecule has 1 heterocycles. The lowest BCUT2D eigenvalue weighted by Gasteiger charge is -2.19. The van der Waals surface area contributed by atoms with Crippen LogP contribution < -0.4 is 10.0 Å². The average molecular weight is 414 g/mol. The van der Waals surface area contributed by atoms with Crippen molar-refractivity contribution in [1.29, 1.82) is 0 Å². The van der Waals surface area contributed by atoms with E-state index in [0.717, 1.165) is 31.2 Å². The van der Waals surface area contributed by atoms with Gasteiger partial charge in [-0.2, -0.15) is 0 Å². The Morgan fingerprint density at radius 3 is 2.55 bits per heavy atom. The summed E-state index contributed by atoms with van der Waals surface area (Å²) >= 11 is 0. The maximum Gasteiger partial charge on any atom is 0.263 e. The second kappa shape index (κ2) is 9.69. The van der Waals surface area contributed by atoms with Crippen molar-refractivity contribution in [3.63, 3.8) is 0 Å². The highest BCUT2D eigenvalue weighted by Gasteiger charge is 2.30.